The van der Waals surface area contributed by atoms with Crippen molar-refractivity contribution in [3.05, 3.63) is 106 Å². The summed E-state index contributed by atoms with van der Waals surface area (Å²) in [5.41, 5.74) is 1.16. The number of methoxy groups -OCH3 is 1. The van der Waals surface area contributed by atoms with E-state index in [2.05, 4.69) is 6.58 Å². The second-order valence-corrected chi connectivity index (χ2v) is 8.85. The van der Waals surface area contributed by atoms with Gasteiger partial charge in [0.2, 0.25) is 12.6 Å². The third-order valence-electron chi connectivity index (χ3n) is 6.58. The smallest absolute Gasteiger partial charge is 0.291 e. The fourth-order valence-electron chi connectivity index (χ4n) is 4.86. The highest BCUT2D eigenvalue weighted by Crippen LogP contribution is 2.42. The van der Waals surface area contributed by atoms with Crippen molar-refractivity contribution in [3.63, 3.8) is 0 Å². The molecule has 1 atom stereocenters. The topological polar surface area (TPSA) is 87.4 Å². The molecule has 8 nitrogen and oxygen atoms in total. The molecule has 0 bridgehead atoms. The molecule has 1 unspecified atom stereocenters. The molecule has 1 aromatic heterocycles. The summed E-state index contributed by atoms with van der Waals surface area (Å²) < 4.78 is 42.1. The van der Waals surface area contributed by atoms with Crippen molar-refractivity contribution >= 4 is 16.9 Å². The summed E-state index contributed by atoms with van der Waals surface area (Å²) in [5.74, 6) is 0.978. The highest BCUT2D eigenvalue weighted by atomic mass is 19.1. The van der Waals surface area contributed by atoms with E-state index in [0.717, 1.165) is 11.6 Å². The monoisotopic (exact) mass is 515 g/mol. The van der Waals surface area contributed by atoms with Crippen LogP contribution in [0.3, 0.4) is 0 Å². The Morgan fingerprint density at radius 3 is 2.71 bits per heavy atom. The largest absolute Gasteiger partial charge is 0.493 e. The molecule has 38 heavy (non-hydrogen) atoms. The molecular weight excluding hydrogens is 493 g/mol. The van der Waals surface area contributed by atoms with Crippen LogP contribution < -0.4 is 24.4 Å². The third kappa shape index (κ3) is 3.83. The molecule has 0 saturated carbocycles. The van der Waals surface area contributed by atoms with Gasteiger partial charge < -0.3 is 28.3 Å². The number of nitrogens with zero attached hydrogens (tertiary/aromatic N) is 1. The maximum atomic E-state index is 14.1. The van der Waals surface area contributed by atoms with Crippen LogP contribution in [0.15, 0.2) is 76.5 Å². The highest BCUT2D eigenvalue weighted by Gasteiger charge is 2.43. The van der Waals surface area contributed by atoms with Crippen LogP contribution in [0, 0.1) is 5.82 Å². The minimum Gasteiger partial charge on any atom is -0.493 e. The zero-order chi connectivity index (χ0) is 26.4. The van der Waals surface area contributed by atoms with Gasteiger partial charge in [0.05, 0.1) is 24.1 Å². The Bertz CT molecular complexity index is 1660. The summed E-state index contributed by atoms with van der Waals surface area (Å²) >= 11 is 0. The number of amides is 1. The normalized spacial score (nSPS) is 15.6. The van der Waals surface area contributed by atoms with Gasteiger partial charge in [-0.25, -0.2) is 4.39 Å². The molecule has 9 heteroatoms. The van der Waals surface area contributed by atoms with E-state index >= 15 is 0 Å². The molecule has 2 aliphatic heterocycles. The van der Waals surface area contributed by atoms with Gasteiger partial charge in [-0.15, -0.1) is 0 Å². The molecule has 3 aromatic carbocycles. The van der Waals surface area contributed by atoms with Crippen LogP contribution in [0.5, 0.6) is 23.0 Å². The van der Waals surface area contributed by atoms with E-state index in [1.165, 1.54) is 19.2 Å². The molecule has 6 rings (SSSR count). The lowest BCUT2D eigenvalue weighted by Gasteiger charge is -2.26. The van der Waals surface area contributed by atoms with Gasteiger partial charge in [0.25, 0.3) is 5.91 Å². The lowest BCUT2D eigenvalue weighted by molar-refractivity contribution is 0.0714. The van der Waals surface area contributed by atoms with E-state index in [-0.39, 0.29) is 42.2 Å². The molecule has 0 saturated heterocycles. The van der Waals surface area contributed by atoms with Crippen molar-refractivity contribution in [2.45, 2.75) is 12.6 Å². The van der Waals surface area contributed by atoms with E-state index in [4.69, 9.17) is 23.4 Å². The Morgan fingerprint density at radius 1 is 1.05 bits per heavy atom. The van der Waals surface area contributed by atoms with Gasteiger partial charge in [0.1, 0.15) is 18.0 Å². The quantitative estimate of drug-likeness (QED) is 0.321. The SMILES string of the molecule is C=CCOc1ccc(C2c3c(oc4ccc(F)cc4c3=O)C(=O)N2Cc2ccc3c(c2)OCO3)cc1OC. The predicted molar refractivity (Wildman–Crippen MR) is 135 cm³/mol. The second kappa shape index (κ2) is 9.26. The first-order valence-electron chi connectivity index (χ1n) is 11.9. The zero-order valence-electron chi connectivity index (χ0n) is 20.4. The van der Waals surface area contributed by atoms with Gasteiger partial charge in [-0.2, -0.15) is 0 Å². The Balaban J connectivity index is 1.51. The van der Waals surface area contributed by atoms with Crippen LogP contribution in [0.2, 0.25) is 0 Å². The predicted octanol–water partition coefficient (Wildman–Crippen LogP) is 4.98. The first-order chi connectivity index (χ1) is 18.5. The van der Waals surface area contributed by atoms with Crippen molar-refractivity contribution in [2.75, 3.05) is 20.5 Å². The average molecular weight is 515 g/mol. The number of fused-ring (bicyclic) bond motifs is 3. The van der Waals surface area contributed by atoms with Gasteiger partial charge >= 0.3 is 0 Å². The van der Waals surface area contributed by atoms with E-state index in [9.17, 15) is 14.0 Å². The number of ether oxygens (including phenoxy) is 4. The Labute approximate surface area is 216 Å². The standard InChI is InChI=1S/C29H22FNO7/c1-3-10-35-21-8-5-17(12-23(21)34-2)26-25-27(32)19-13-18(30)6-9-20(19)38-28(25)29(33)31(26)14-16-4-7-22-24(11-16)37-15-36-22/h3-9,11-13,26H,1,10,14-15H2,2H3. The first-order valence-corrected chi connectivity index (χ1v) is 11.9. The van der Waals surface area contributed by atoms with Crippen LogP contribution in [0.25, 0.3) is 11.0 Å². The molecule has 192 valence electrons. The number of halogens is 1. The van der Waals surface area contributed by atoms with Gasteiger partial charge in [0.15, 0.2) is 28.4 Å². The van der Waals surface area contributed by atoms with E-state index in [1.807, 2.05) is 6.07 Å². The third-order valence-corrected chi connectivity index (χ3v) is 6.58. The number of rotatable bonds is 7. The van der Waals surface area contributed by atoms with Crippen LogP contribution >= 0.6 is 0 Å². The number of benzene rings is 3. The van der Waals surface area contributed by atoms with E-state index in [0.29, 0.717) is 28.6 Å². The fraction of sp³-hybridized carbons (Fsp3) is 0.172. The number of hydrogen-bond donors (Lipinski definition) is 0. The minimum absolute atomic E-state index is 0.0596. The number of carbonyl (C=O) groups excluding carboxylic acids is 1. The van der Waals surface area contributed by atoms with Crippen LogP contribution in [0.4, 0.5) is 4.39 Å². The molecule has 1 amide bonds. The Morgan fingerprint density at radius 2 is 1.89 bits per heavy atom. The van der Waals surface area contributed by atoms with Crippen molar-refractivity contribution < 1.29 is 32.5 Å². The molecular formula is C29H22FNO7. The van der Waals surface area contributed by atoms with Crippen molar-refractivity contribution in [1.29, 1.82) is 0 Å². The molecule has 0 radical (unpaired) electrons. The maximum absolute atomic E-state index is 14.1. The second-order valence-electron chi connectivity index (χ2n) is 8.85. The van der Waals surface area contributed by atoms with E-state index in [1.54, 1.807) is 41.3 Å². The highest BCUT2D eigenvalue weighted by molar-refractivity contribution is 5.99. The van der Waals surface area contributed by atoms with Crippen molar-refractivity contribution in [2.24, 2.45) is 0 Å². The molecule has 2 aliphatic rings. The summed E-state index contributed by atoms with van der Waals surface area (Å²) in [4.78, 5) is 29.0. The summed E-state index contributed by atoms with van der Waals surface area (Å²) in [6.07, 6.45) is 1.61. The van der Waals surface area contributed by atoms with Gasteiger partial charge in [-0.3, -0.25) is 9.59 Å². The minimum atomic E-state index is -0.825. The molecule has 4 aromatic rings. The zero-order valence-corrected chi connectivity index (χ0v) is 20.4. The summed E-state index contributed by atoms with van der Waals surface area (Å²) in [6, 6.07) is 13.4. The lowest BCUT2D eigenvalue weighted by atomic mass is 9.97. The maximum Gasteiger partial charge on any atom is 0.291 e. The summed E-state index contributed by atoms with van der Waals surface area (Å²) in [6.45, 7) is 4.20. The van der Waals surface area contributed by atoms with Crippen LogP contribution in [-0.4, -0.2) is 31.3 Å². The average Bonchev–Trinajstić information content (AvgIpc) is 3.50. The van der Waals surface area contributed by atoms with Gasteiger partial charge in [0, 0.05) is 6.54 Å². The molecule has 0 aliphatic carbocycles. The lowest BCUT2D eigenvalue weighted by Crippen LogP contribution is -2.29. The van der Waals surface area contributed by atoms with Gasteiger partial charge in [-0.1, -0.05) is 24.8 Å². The van der Waals surface area contributed by atoms with Crippen LogP contribution in [0.1, 0.15) is 33.3 Å². The Kier molecular flexibility index (Phi) is 5.75. The van der Waals surface area contributed by atoms with Crippen molar-refractivity contribution in [3.8, 4) is 23.0 Å². The Hall–Kier alpha value is -4.79. The van der Waals surface area contributed by atoms with Crippen LogP contribution in [-0.2, 0) is 6.54 Å². The van der Waals surface area contributed by atoms with Gasteiger partial charge in [-0.05, 0) is 53.6 Å². The van der Waals surface area contributed by atoms with E-state index < -0.39 is 23.2 Å². The number of carbonyl (C=O) groups is 1. The molecule has 0 N–H and O–H groups in total. The number of hydrogen-bond acceptors (Lipinski definition) is 7. The van der Waals surface area contributed by atoms with Crippen molar-refractivity contribution in [1.82, 2.24) is 4.90 Å². The molecule has 3 heterocycles. The first kappa shape index (κ1) is 23.6. The fourth-order valence-corrected chi connectivity index (χ4v) is 4.86. The summed E-state index contributed by atoms with van der Waals surface area (Å²) in [5, 5.41) is 0.0596. The molecule has 0 spiro atoms. The summed E-state index contributed by atoms with van der Waals surface area (Å²) in [7, 11) is 1.50. The molecule has 0 fully saturated rings.